The van der Waals surface area contributed by atoms with Crippen LogP contribution in [-0.2, 0) is 31.3 Å². The van der Waals surface area contributed by atoms with Crippen LogP contribution in [0.2, 0.25) is 0 Å². The Labute approximate surface area is 221 Å². The number of rotatable bonds is 9. The molecule has 0 radical (unpaired) electrons. The zero-order chi connectivity index (χ0) is 26.0. The standard InChI is InChI=1S/C33H39N3O/c1-24-7-5-9-29(21-24)28-17-13-25(14-18-28)8-6-10-31-34-36(32(37)35(31)22-26-11-12-26)23-27-15-19-30(20-16-27)33(2,3)4/h5,7,9,13-21,26H,6,8,10-12,22-23H2,1-4H3. The van der Waals surface area contributed by atoms with Gasteiger partial charge in [-0.25, -0.2) is 9.48 Å². The number of aryl methyl sites for hydroxylation is 3. The third kappa shape index (κ3) is 6.30. The van der Waals surface area contributed by atoms with E-state index in [2.05, 4.69) is 100 Å². The summed E-state index contributed by atoms with van der Waals surface area (Å²) >= 11 is 0. The van der Waals surface area contributed by atoms with Crippen LogP contribution in [0.5, 0.6) is 0 Å². The van der Waals surface area contributed by atoms with Gasteiger partial charge in [0, 0.05) is 13.0 Å². The molecule has 0 aliphatic heterocycles. The van der Waals surface area contributed by atoms with Gasteiger partial charge in [-0.15, -0.1) is 0 Å². The minimum atomic E-state index is 0.0318. The Hall–Kier alpha value is -3.40. The predicted molar refractivity (Wildman–Crippen MR) is 152 cm³/mol. The third-order valence-electron chi connectivity index (χ3n) is 7.46. The second kappa shape index (κ2) is 10.5. The van der Waals surface area contributed by atoms with Gasteiger partial charge >= 0.3 is 5.69 Å². The quantitative estimate of drug-likeness (QED) is 0.253. The molecule has 1 aliphatic carbocycles. The Morgan fingerprint density at radius 3 is 2.22 bits per heavy atom. The minimum absolute atomic E-state index is 0.0318. The fraction of sp³-hybridized carbons (Fsp3) is 0.394. The summed E-state index contributed by atoms with van der Waals surface area (Å²) in [4.78, 5) is 13.3. The van der Waals surface area contributed by atoms with Gasteiger partial charge in [0.2, 0.25) is 0 Å². The lowest BCUT2D eigenvalue weighted by Gasteiger charge is -2.19. The van der Waals surface area contributed by atoms with E-state index in [0.29, 0.717) is 12.5 Å². The molecule has 1 aliphatic rings. The molecule has 0 bridgehead atoms. The van der Waals surface area contributed by atoms with Crippen LogP contribution in [-0.4, -0.2) is 14.3 Å². The lowest BCUT2D eigenvalue weighted by Crippen LogP contribution is -2.26. The minimum Gasteiger partial charge on any atom is -0.279 e. The highest BCUT2D eigenvalue weighted by atomic mass is 16.2. The molecule has 5 rings (SSSR count). The molecule has 0 N–H and O–H groups in total. The average Bonchev–Trinajstić information content (AvgIpc) is 3.65. The summed E-state index contributed by atoms with van der Waals surface area (Å²) in [5.41, 5.74) is 7.68. The zero-order valence-corrected chi connectivity index (χ0v) is 22.7. The first-order valence-electron chi connectivity index (χ1n) is 13.7. The fourth-order valence-electron chi connectivity index (χ4n) is 4.94. The van der Waals surface area contributed by atoms with Crippen LogP contribution in [0.25, 0.3) is 11.1 Å². The van der Waals surface area contributed by atoms with Crippen molar-refractivity contribution in [3.8, 4) is 11.1 Å². The van der Waals surface area contributed by atoms with E-state index in [-0.39, 0.29) is 11.1 Å². The molecule has 0 unspecified atom stereocenters. The van der Waals surface area contributed by atoms with Gasteiger partial charge in [-0.2, -0.15) is 5.10 Å². The topological polar surface area (TPSA) is 39.8 Å². The van der Waals surface area contributed by atoms with Gasteiger partial charge < -0.3 is 0 Å². The van der Waals surface area contributed by atoms with Gasteiger partial charge in [0.15, 0.2) is 0 Å². The highest BCUT2D eigenvalue weighted by molar-refractivity contribution is 5.64. The first-order chi connectivity index (χ1) is 17.8. The summed E-state index contributed by atoms with van der Waals surface area (Å²) in [6.45, 7) is 10.1. The van der Waals surface area contributed by atoms with E-state index in [4.69, 9.17) is 5.10 Å². The molecule has 1 saturated carbocycles. The molecule has 1 heterocycles. The van der Waals surface area contributed by atoms with E-state index >= 15 is 0 Å². The van der Waals surface area contributed by atoms with Crippen molar-refractivity contribution in [1.29, 1.82) is 0 Å². The summed E-state index contributed by atoms with van der Waals surface area (Å²) in [7, 11) is 0. The molecule has 0 spiro atoms. The number of hydrogen-bond donors (Lipinski definition) is 0. The SMILES string of the molecule is Cc1cccc(-c2ccc(CCCc3nn(Cc4ccc(C(C)(C)C)cc4)c(=O)n3CC3CC3)cc2)c1. The Bertz CT molecular complexity index is 1400. The van der Waals surface area contributed by atoms with Gasteiger partial charge in [0.25, 0.3) is 0 Å². The summed E-state index contributed by atoms with van der Waals surface area (Å²) in [5.74, 6) is 1.56. The summed E-state index contributed by atoms with van der Waals surface area (Å²) in [6.07, 6.45) is 5.22. The van der Waals surface area contributed by atoms with Gasteiger partial charge in [-0.3, -0.25) is 4.57 Å². The molecular formula is C33H39N3O. The van der Waals surface area contributed by atoms with E-state index in [1.807, 2.05) is 4.57 Å². The van der Waals surface area contributed by atoms with Crippen LogP contribution in [0.4, 0.5) is 0 Å². The molecule has 0 saturated heterocycles. The molecule has 0 atom stereocenters. The zero-order valence-electron chi connectivity index (χ0n) is 22.7. The normalized spacial score (nSPS) is 13.7. The maximum absolute atomic E-state index is 13.3. The monoisotopic (exact) mass is 493 g/mol. The highest BCUT2D eigenvalue weighted by Crippen LogP contribution is 2.30. The Balaban J connectivity index is 1.26. The predicted octanol–water partition coefficient (Wildman–Crippen LogP) is 6.95. The molecule has 1 aromatic heterocycles. The molecule has 1 fully saturated rings. The lowest BCUT2D eigenvalue weighted by atomic mass is 9.87. The van der Waals surface area contributed by atoms with Crippen molar-refractivity contribution in [2.24, 2.45) is 5.92 Å². The Kier molecular flexibility index (Phi) is 7.19. The summed E-state index contributed by atoms with van der Waals surface area (Å²) in [5, 5.41) is 4.82. The number of hydrogen-bond acceptors (Lipinski definition) is 2. The van der Waals surface area contributed by atoms with Gasteiger partial charge in [-0.1, -0.05) is 99.1 Å². The van der Waals surface area contributed by atoms with Crippen molar-refractivity contribution in [2.45, 2.75) is 78.3 Å². The third-order valence-corrected chi connectivity index (χ3v) is 7.46. The van der Waals surface area contributed by atoms with E-state index < -0.39 is 0 Å². The second-order valence-corrected chi connectivity index (χ2v) is 11.8. The second-order valence-electron chi connectivity index (χ2n) is 11.8. The fourth-order valence-corrected chi connectivity index (χ4v) is 4.94. The van der Waals surface area contributed by atoms with Gasteiger partial charge in [-0.05, 0) is 71.8 Å². The average molecular weight is 494 g/mol. The Morgan fingerprint density at radius 1 is 0.865 bits per heavy atom. The van der Waals surface area contributed by atoms with Gasteiger partial charge in [0.1, 0.15) is 5.82 Å². The van der Waals surface area contributed by atoms with E-state index in [9.17, 15) is 4.79 Å². The van der Waals surface area contributed by atoms with E-state index in [1.165, 1.54) is 40.7 Å². The maximum atomic E-state index is 13.3. The molecule has 37 heavy (non-hydrogen) atoms. The van der Waals surface area contributed by atoms with Crippen molar-refractivity contribution in [3.05, 3.63) is 111 Å². The lowest BCUT2D eigenvalue weighted by molar-refractivity contribution is 0.564. The largest absolute Gasteiger partial charge is 0.346 e. The molecule has 4 aromatic rings. The van der Waals surface area contributed by atoms with Crippen molar-refractivity contribution < 1.29 is 0 Å². The van der Waals surface area contributed by atoms with Crippen molar-refractivity contribution in [1.82, 2.24) is 14.3 Å². The molecule has 3 aromatic carbocycles. The number of aromatic nitrogens is 3. The number of nitrogens with zero attached hydrogens (tertiary/aromatic N) is 3. The van der Waals surface area contributed by atoms with Crippen molar-refractivity contribution in [3.63, 3.8) is 0 Å². The van der Waals surface area contributed by atoms with Crippen LogP contribution >= 0.6 is 0 Å². The first-order valence-corrected chi connectivity index (χ1v) is 13.7. The van der Waals surface area contributed by atoms with E-state index in [1.54, 1.807) is 4.68 Å². The first kappa shape index (κ1) is 25.3. The number of benzene rings is 3. The smallest absolute Gasteiger partial charge is 0.279 e. The van der Waals surface area contributed by atoms with Crippen LogP contribution < -0.4 is 5.69 Å². The van der Waals surface area contributed by atoms with Crippen LogP contribution in [0, 0.1) is 12.8 Å². The molecule has 4 nitrogen and oxygen atoms in total. The summed E-state index contributed by atoms with van der Waals surface area (Å²) in [6, 6.07) is 26.1. The molecule has 4 heteroatoms. The van der Waals surface area contributed by atoms with Crippen LogP contribution in [0.3, 0.4) is 0 Å². The molecular weight excluding hydrogens is 454 g/mol. The molecule has 192 valence electrons. The highest BCUT2D eigenvalue weighted by Gasteiger charge is 2.25. The van der Waals surface area contributed by atoms with Crippen molar-refractivity contribution >= 4 is 0 Å². The summed E-state index contributed by atoms with van der Waals surface area (Å²) < 4.78 is 3.61. The van der Waals surface area contributed by atoms with Gasteiger partial charge in [0.05, 0.1) is 6.54 Å². The van der Waals surface area contributed by atoms with E-state index in [0.717, 1.165) is 37.2 Å². The van der Waals surface area contributed by atoms with Crippen molar-refractivity contribution in [2.75, 3.05) is 0 Å². The maximum Gasteiger partial charge on any atom is 0.346 e. The van der Waals surface area contributed by atoms with Crippen LogP contribution in [0.15, 0.2) is 77.6 Å². The Morgan fingerprint density at radius 2 is 1.57 bits per heavy atom. The van der Waals surface area contributed by atoms with Crippen LogP contribution in [0.1, 0.15) is 68.1 Å². The molecule has 0 amide bonds.